The van der Waals surface area contributed by atoms with Gasteiger partial charge in [-0.25, -0.2) is 9.97 Å². The number of hydrogen-bond donors (Lipinski definition) is 2. The lowest BCUT2D eigenvalue weighted by Gasteiger charge is -2.37. The normalized spacial score (nSPS) is 17.5. The Morgan fingerprint density at radius 1 is 1.19 bits per heavy atom. The Labute approximate surface area is 123 Å². The Hall–Kier alpha value is -2.17. The average Bonchev–Trinajstić information content (AvgIpc) is 2.48. The Bertz CT molecular complexity index is 646. The van der Waals surface area contributed by atoms with E-state index in [0.717, 1.165) is 42.4 Å². The number of carboxylic acid groups (broad SMARTS) is 1. The third-order valence-electron chi connectivity index (χ3n) is 4.23. The highest BCUT2D eigenvalue weighted by molar-refractivity contribution is 5.89. The van der Waals surface area contributed by atoms with Gasteiger partial charge in [-0.05, 0) is 25.0 Å². The van der Waals surface area contributed by atoms with Gasteiger partial charge in [0.1, 0.15) is 12.1 Å². The third-order valence-corrected chi connectivity index (χ3v) is 4.23. The zero-order chi connectivity index (χ0) is 14.7. The fraction of sp³-hybridized carbons (Fsp3) is 0.438. The first-order chi connectivity index (χ1) is 10.2. The summed E-state index contributed by atoms with van der Waals surface area (Å²) in [6.45, 7) is 0. The molecular weight excluding hydrogens is 266 g/mol. The van der Waals surface area contributed by atoms with Gasteiger partial charge >= 0.3 is 5.97 Å². The van der Waals surface area contributed by atoms with Crippen LogP contribution in [0.2, 0.25) is 0 Å². The number of benzene rings is 1. The van der Waals surface area contributed by atoms with Crippen molar-refractivity contribution in [2.75, 3.05) is 5.32 Å². The van der Waals surface area contributed by atoms with Crippen molar-refractivity contribution in [2.45, 2.75) is 44.1 Å². The van der Waals surface area contributed by atoms with Crippen LogP contribution >= 0.6 is 0 Å². The van der Waals surface area contributed by atoms with Crippen molar-refractivity contribution in [1.82, 2.24) is 9.97 Å². The lowest BCUT2D eigenvalue weighted by atomic mass is 9.79. The summed E-state index contributed by atoms with van der Waals surface area (Å²) in [6.07, 6.45) is 6.70. The van der Waals surface area contributed by atoms with E-state index < -0.39 is 5.97 Å². The molecule has 110 valence electrons. The summed E-state index contributed by atoms with van der Waals surface area (Å²) in [6, 6.07) is 7.79. The summed E-state index contributed by atoms with van der Waals surface area (Å²) < 4.78 is 0. The Morgan fingerprint density at radius 3 is 2.71 bits per heavy atom. The molecule has 0 radical (unpaired) electrons. The quantitative estimate of drug-likeness (QED) is 0.902. The molecule has 1 heterocycles. The molecule has 1 aromatic carbocycles. The van der Waals surface area contributed by atoms with Crippen molar-refractivity contribution in [3.05, 3.63) is 30.6 Å². The second-order valence-corrected chi connectivity index (χ2v) is 5.78. The number of nitrogens with zero attached hydrogens (tertiary/aromatic N) is 2. The van der Waals surface area contributed by atoms with Crippen molar-refractivity contribution < 1.29 is 9.90 Å². The molecule has 3 rings (SSSR count). The predicted octanol–water partition coefficient (Wildman–Crippen LogP) is 3.22. The van der Waals surface area contributed by atoms with Crippen LogP contribution in [0.5, 0.6) is 0 Å². The first-order valence-electron chi connectivity index (χ1n) is 7.38. The molecule has 0 amide bonds. The molecule has 5 nitrogen and oxygen atoms in total. The fourth-order valence-corrected chi connectivity index (χ4v) is 3.22. The molecule has 1 fully saturated rings. The van der Waals surface area contributed by atoms with Crippen molar-refractivity contribution in [2.24, 2.45) is 0 Å². The number of aromatic nitrogens is 2. The number of rotatable bonds is 4. The number of fused-ring (bicyclic) bond motifs is 1. The molecular formula is C16H19N3O2. The number of carbonyl (C=O) groups is 1. The summed E-state index contributed by atoms with van der Waals surface area (Å²) in [5.41, 5.74) is 0.484. The van der Waals surface area contributed by atoms with Gasteiger partial charge in [0.05, 0.1) is 11.9 Å². The van der Waals surface area contributed by atoms with Crippen LogP contribution < -0.4 is 5.32 Å². The first-order valence-corrected chi connectivity index (χ1v) is 7.38. The number of nitrogens with one attached hydrogen (secondary N) is 1. The van der Waals surface area contributed by atoms with Crippen LogP contribution in [0.15, 0.2) is 30.6 Å². The van der Waals surface area contributed by atoms with E-state index in [0.29, 0.717) is 0 Å². The number of para-hydroxylation sites is 1. The Morgan fingerprint density at radius 2 is 1.95 bits per heavy atom. The fourth-order valence-electron chi connectivity index (χ4n) is 3.22. The maximum Gasteiger partial charge on any atom is 0.305 e. The van der Waals surface area contributed by atoms with Crippen LogP contribution in [-0.2, 0) is 4.79 Å². The number of anilines is 1. The molecule has 2 N–H and O–H groups in total. The Kier molecular flexibility index (Phi) is 3.73. The van der Waals surface area contributed by atoms with Gasteiger partial charge in [-0.3, -0.25) is 4.79 Å². The summed E-state index contributed by atoms with van der Waals surface area (Å²) in [5.74, 6) is -0.0217. The van der Waals surface area contributed by atoms with Gasteiger partial charge in [0.2, 0.25) is 0 Å². The standard InChI is InChI=1S/C16H19N3O2/c20-14(21)10-16(8-4-1-5-9-16)19-15-12-6-2-3-7-13(12)17-11-18-15/h2-3,6-7,11H,1,4-5,8-10H2,(H,20,21)(H,17,18,19). The van der Waals surface area contributed by atoms with Crippen LogP contribution in [0.1, 0.15) is 38.5 Å². The molecule has 1 aliphatic rings. The molecule has 0 spiro atoms. The first kappa shape index (κ1) is 13.8. The monoisotopic (exact) mass is 285 g/mol. The van der Waals surface area contributed by atoms with E-state index in [1.54, 1.807) is 0 Å². The van der Waals surface area contributed by atoms with Crippen molar-refractivity contribution in [1.29, 1.82) is 0 Å². The van der Waals surface area contributed by atoms with E-state index in [1.807, 2.05) is 24.3 Å². The topological polar surface area (TPSA) is 75.1 Å². The minimum atomic E-state index is -0.761. The smallest absolute Gasteiger partial charge is 0.305 e. The summed E-state index contributed by atoms with van der Waals surface area (Å²) in [4.78, 5) is 19.8. The molecule has 21 heavy (non-hydrogen) atoms. The van der Waals surface area contributed by atoms with Gasteiger partial charge in [0.25, 0.3) is 0 Å². The van der Waals surface area contributed by atoms with E-state index >= 15 is 0 Å². The van der Waals surface area contributed by atoms with Gasteiger partial charge in [0, 0.05) is 10.9 Å². The summed E-state index contributed by atoms with van der Waals surface area (Å²) >= 11 is 0. The van der Waals surface area contributed by atoms with E-state index in [4.69, 9.17) is 0 Å². The summed E-state index contributed by atoms with van der Waals surface area (Å²) in [7, 11) is 0. The maximum atomic E-state index is 11.3. The zero-order valence-corrected chi connectivity index (χ0v) is 11.9. The molecule has 0 atom stereocenters. The highest BCUT2D eigenvalue weighted by atomic mass is 16.4. The highest BCUT2D eigenvalue weighted by Crippen LogP contribution is 2.35. The van der Waals surface area contributed by atoms with Crippen molar-refractivity contribution >= 4 is 22.7 Å². The molecule has 1 aliphatic carbocycles. The largest absolute Gasteiger partial charge is 0.481 e. The van der Waals surface area contributed by atoms with E-state index in [2.05, 4.69) is 15.3 Å². The Balaban J connectivity index is 1.95. The molecule has 2 aromatic rings. The van der Waals surface area contributed by atoms with E-state index in [1.165, 1.54) is 12.7 Å². The second kappa shape index (κ2) is 5.68. The van der Waals surface area contributed by atoms with Gasteiger partial charge < -0.3 is 10.4 Å². The summed E-state index contributed by atoms with van der Waals surface area (Å²) in [5, 5.41) is 13.6. The number of hydrogen-bond acceptors (Lipinski definition) is 4. The van der Waals surface area contributed by atoms with Crippen LogP contribution in [0.3, 0.4) is 0 Å². The molecule has 1 aromatic heterocycles. The third kappa shape index (κ3) is 2.96. The van der Waals surface area contributed by atoms with Crippen LogP contribution in [-0.4, -0.2) is 26.6 Å². The average molecular weight is 285 g/mol. The molecule has 1 saturated carbocycles. The van der Waals surface area contributed by atoms with E-state index in [-0.39, 0.29) is 12.0 Å². The van der Waals surface area contributed by atoms with Crippen LogP contribution in [0.25, 0.3) is 10.9 Å². The van der Waals surface area contributed by atoms with Crippen LogP contribution in [0.4, 0.5) is 5.82 Å². The molecule has 5 heteroatoms. The molecule has 0 unspecified atom stereocenters. The zero-order valence-electron chi connectivity index (χ0n) is 11.9. The molecule has 0 saturated heterocycles. The lowest BCUT2D eigenvalue weighted by Crippen LogP contribution is -2.42. The van der Waals surface area contributed by atoms with Gasteiger partial charge in [-0.2, -0.15) is 0 Å². The minimum Gasteiger partial charge on any atom is -0.481 e. The minimum absolute atomic E-state index is 0.130. The highest BCUT2D eigenvalue weighted by Gasteiger charge is 2.35. The van der Waals surface area contributed by atoms with Gasteiger partial charge in [-0.1, -0.05) is 31.4 Å². The SMILES string of the molecule is O=C(O)CC1(Nc2ncnc3ccccc23)CCCCC1. The van der Waals surface area contributed by atoms with E-state index in [9.17, 15) is 9.90 Å². The van der Waals surface area contributed by atoms with Crippen molar-refractivity contribution in [3.63, 3.8) is 0 Å². The number of aliphatic carboxylic acids is 1. The van der Waals surface area contributed by atoms with Crippen molar-refractivity contribution in [3.8, 4) is 0 Å². The number of carboxylic acids is 1. The second-order valence-electron chi connectivity index (χ2n) is 5.78. The lowest BCUT2D eigenvalue weighted by molar-refractivity contribution is -0.138. The van der Waals surface area contributed by atoms with Gasteiger partial charge in [0.15, 0.2) is 0 Å². The molecule has 0 aliphatic heterocycles. The predicted molar refractivity (Wildman–Crippen MR) is 81.2 cm³/mol. The van der Waals surface area contributed by atoms with Gasteiger partial charge in [-0.15, -0.1) is 0 Å². The van der Waals surface area contributed by atoms with Crippen LogP contribution in [0, 0.1) is 0 Å². The molecule has 0 bridgehead atoms. The maximum absolute atomic E-state index is 11.3.